The number of likely N-dealkylation sites (N-methyl/N-ethyl adjacent to an activating group) is 1. The smallest absolute Gasteiger partial charge is 0.259 e. The first kappa shape index (κ1) is 20.3. The maximum Gasteiger partial charge on any atom is 0.259 e. The minimum absolute atomic E-state index is 0.254. The number of ether oxygens (including phenoxy) is 2. The summed E-state index contributed by atoms with van der Waals surface area (Å²) in [4.78, 5) is 17.6. The highest BCUT2D eigenvalue weighted by atomic mass is 35.5. The fourth-order valence-electron chi connectivity index (χ4n) is 3.36. The van der Waals surface area contributed by atoms with Gasteiger partial charge in [-0.25, -0.2) is 0 Å². The number of halogens is 1. The molecule has 28 heavy (non-hydrogen) atoms. The summed E-state index contributed by atoms with van der Waals surface area (Å²) in [6.07, 6.45) is 0. The van der Waals surface area contributed by atoms with Crippen LogP contribution in [0, 0.1) is 0 Å². The molecule has 0 radical (unpaired) electrons. The molecular formula is C21H26ClN3O3. The Labute approximate surface area is 171 Å². The zero-order valence-corrected chi connectivity index (χ0v) is 17.3. The molecule has 0 aromatic heterocycles. The maximum absolute atomic E-state index is 12.9. The molecule has 0 aliphatic carbocycles. The zero-order chi connectivity index (χ0) is 20.1. The number of hydrogen-bond donors (Lipinski definition) is 1. The van der Waals surface area contributed by atoms with Crippen molar-refractivity contribution in [1.82, 2.24) is 4.90 Å². The van der Waals surface area contributed by atoms with Crippen LogP contribution in [0.4, 0.5) is 11.4 Å². The molecule has 1 amide bonds. The van der Waals surface area contributed by atoms with E-state index in [1.807, 2.05) is 12.1 Å². The number of anilines is 2. The Morgan fingerprint density at radius 2 is 1.82 bits per heavy atom. The average Bonchev–Trinajstić information content (AvgIpc) is 2.73. The molecule has 1 heterocycles. The molecule has 0 spiro atoms. The van der Waals surface area contributed by atoms with E-state index in [0.717, 1.165) is 38.4 Å². The Morgan fingerprint density at radius 3 is 2.46 bits per heavy atom. The van der Waals surface area contributed by atoms with Crippen molar-refractivity contribution in [1.29, 1.82) is 0 Å². The standard InChI is InChI=1S/C21H26ClN3O3/c1-4-24-9-11-25(12-10-24)19-8-5-15(22)13-18(19)23-21(26)17-7-6-16(27-2)14-20(17)28-3/h5-8,13-14H,4,9-12H2,1-3H3,(H,23,26). The number of methoxy groups -OCH3 is 2. The van der Waals surface area contributed by atoms with Gasteiger partial charge in [-0.05, 0) is 36.9 Å². The van der Waals surface area contributed by atoms with Crippen LogP contribution in [-0.4, -0.2) is 57.8 Å². The number of rotatable bonds is 6. The third-order valence-electron chi connectivity index (χ3n) is 5.02. The summed E-state index contributed by atoms with van der Waals surface area (Å²) >= 11 is 6.21. The number of carbonyl (C=O) groups is 1. The minimum atomic E-state index is -0.254. The fourth-order valence-corrected chi connectivity index (χ4v) is 3.54. The SMILES string of the molecule is CCN1CCN(c2ccc(Cl)cc2NC(=O)c2ccc(OC)cc2OC)CC1. The van der Waals surface area contributed by atoms with Crippen molar-refractivity contribution >= 4 is 28.9 Å². The minimum Gasteiger partial charge on any atom is -0.497 e. The van der Waals surface area contributed by atoms with Crippen molar-refractivity contribution in [2.45, 2.75) is 6.92 Å². The van der Waals surface area contributed by atoms with Crippen LogP contribution in [0.25, 0.3) is 0 Å². The van der Waals surface area contributed by atoms with Crippen molar-refractivity contribution in [3.8, 4) is 11.5 Å². The second kappa shape index (κ2) is 9.17. The number of nitrogens with zero attached hydrogens (tertiary/aromatic N) is 2. The van der Waals surface area contributed by atoms with E-state index in [4.69, 9.17) is 21.1 Å². The summed E-state index contributed by atoms with van der Waals surface area (Å²) in [5.41, 5.74) is 2.10. The van der Waals surface area contributed by atoms with E-state index in [-0.39, 0.29) is 5.91 Å². The number of nitrogens with one attached hydrogen (secondary N) is 1. The van der Waals surface area contributed by atoms with Gasteiger partial charge in [0.15, 0.2) is 0 Å². The summed E-state index contributed by atoms with van der Waals surface area (Å²) in [7, 11) is 3.11. The molecule has 1 aliphatic heterocycles. The van der Waals surface area contributed by atoms with Crippen LogP contribution in [-0.2, 0) is 0 Å². The van der Waals surface area contributed by atoms with E-state index < -0.39 is 0 Å². The van der Waals surface area contributed by atoms with E-state index in [1.165, 1.54) is 7.11 Å². The first-order valence-electron chi connectivity index (χ1n) is 9.36. The first-order chi connectivity index (χ1) is 13.5. The molecule has 6 nitrogen and oxygen atoms in total. The van der Waals surface area contributed by atoms with Crippen LogP contribution < -0.4 is 19.7 Å². The summed E-state index contributed by atoms with van der Waals surface area (Å²) in [6.45, 7) is 7.03. The van der Waals surface area contributed by atoms with Gasteiger partial charge in [0.25, 0.3) is 5.91 Å². The number of amides is 1. The summed E-state index contributed by atoms with van der Waals surface area (Å²) < 4.78 is 10.6. The summed E-state index contributed by atoms with van der Waals surface area (Å²) in [5.74, 6) is 0.831. The topological polar surface area (TPSA) is 54.0 Å². The molecule has 0 atom stereocenters. The molecule has 1 saturated heterocycles. The second-order valence-electron chi connectivity index (χ2n) is 6.60. The highest BCUT2D eigenvalue weighted by Crippen LogP contribution is 2.32. The molecule has 7 heteroatoms. The first-order valence-corrected chi connectivity index (χ1v) is 9.73. The van der Waals surface area contributed by atoms with Crippen molar-refractivity contribution in [3.05, 3.63) is 47.0 Å². The molecule has 3 rings (SSSR count). The van der Waals surface area contributed by atoms with Crippen LogP contribution in [0.15, 0.2) is 36.4 Å². The molecule has 0 unspecified atom stereocenters. The number of benzene rings is 2. The summed E-state index contributed by atoms with van der Waals surface area (Å²) in [5, 5.41) is 3.58. The molecule has 1 aliphatic rings. The van der Waals surface area contributed by atoms with Gasteiger partial charge in [-0.2, -0.15) is 0 Å². The largest absolute Gasteiger partial charge is 0.497 e. The van der Waals surface area contributed by atoms with Crippen molar-refractivity contribution in [3.63, 3.8) is 0 Å². The molecule has 2 aromatic rings. The van der Waals surface area contributed by atoms with E-state index in [2.05, 4.69) is 22.0 Å². The van der Waals surface area contributed by atoms with Gasteiger partial charge in [0.1, 0.15) is 11.5 Å². The van der Waals surface area contributed by atoms with Gasteiger partial charge in [-0.15, -0.1) is 0 Å². The van der Waals surface area contributed by atoms with Gasteiger partial charge in [0, 0.05) is 37.3 Å². The van der Waals surface area contributed by atoms with Gasteiger partial charge in [0.05, 0.1) is 31.2 Å². The second-order valence-corrected chi connectivity index (χ2v) is 7.04. The molecule has 2 aromatic carbocycles. The number of hydrogen-bond acceptors (Lipinski definition) is 5. The molecule has 0 bridgehead atoms. The van der Waals surface area contributed by atoms with Crippen molar-refractivity contribution < 1.29 is 14.3 Å². The van der Waals surface area contributed by atoms with E-state index in [9.17, 15) is 4.79 Å². The quantitative estimate of drug-likeness (QED) is 0.796. The average molecular weight is 404 g/mol. The lowest BCUT2D eigenvalue weighted by molar-refractivity contribution is 0.102. The Hall–Kier alpha value is -2.44. The number of piperazine rings is 1. The zero-order valence-electron chi connectivity index (χ0n) is 16.5. The Morgan fingerprint density at radius 1 is 1.07 bits per heavy atom. The van der Waals surface area contributed by atoms with Gasteiger partial charge < -0.3 is 24.6 Å². The molecular weight excluding hydrogens is 378 g/mol. The van der Waals surface area contributed by atoms with Crippen molar-refractivity contribution in [2.24, 2.45) is 0 Å². The van der Waals surface area contributed by atoms with Gasteiger partial charge in [0.2, 0.25) is 0 Å². The monoisotopic (exact) mass is 403 g/mol. The van der Waals surface area contributed by atoms with Crippen LogP contribution in [0.1, 0.15) is 17.3 Å². The van der Waals surface area contributed by atoms with Crippen LogP contribution in [0.5, 0.6) is 11.5 Å². The van der Waals surface area contributed by atoms with Gasteiger partial charge >= 0.3 is 0 Å². The normalized spacial score (nSPS) is 14.6. The lowest BCUT2D eigenvalue weighted by atomic mass is 10.1. The van der Waals surface area contributed by atoms with Crippen LogP contribution >= 0.6 is 11.6 Å². The summed E-state index contributed by atoms with van der Waals surface area (Å²) in [6, 6.07) is 10.7. The van der Waals surface area contributed by atoms with E-state index in [0.29, 0.717) is 27.8 Å². The van der Waals surface area contributed by atoms with E-state index >= 15 is 0 Å². The van der Waals surface area contributed by atoms with Gasteiger partial charge in [-0.3, -0.25) is 4.79 Å². The highest BCUT2D eigenvalue weighted by molar-refractivity contribution is 6.31. The predicted octanol–water partition coefficient (Wildman–Crippen LogP) is 3.75. The molecule has 1 fully saturated rings. The highest BCUT2D eigenvalue weighted by Gasteiger charge is 2.21. The third kappa shape index (κ3) is 4.51. The lowest BCUT2D eigenvalue weighted by Crippen LogP contribution is -2.46. The molecule has 150 valence electrons. The Balaban J connectivity index is 1.84. The molecule has 1 N–H and O–H groups in total. The fraction of sp³-hybridized carbons (Fsp3) is 0.381. The van der Waals surface area contributed by atoms with E-state index in [1.54, 1.807) is 31.4 Å². The molecule has 0 saturated carbocycles. The third-order valence-corrected chi connectivity index (χ3v) is 5.26. The van der Waals surface area contributed by atoms with Crippen LogP contribution in [0.2, 0.25) is 5.02 Å². The predicted molar refractivity (Wildman–Crippen MR) is 113 cm³/mol. The number of carbonyl (C=O) groups excluding carboxylic acids is 1. The Kier molecular flexibility index (Phi) is 6.65. The van der Waals surface area contributed by atoms with Crippen LogP contribution in [0.3, 0.4) is 0 Å². The van der Waals surface area contributed by atoms with Crippen molar-refractivity contribution in [2.75, 3.05) is 57.2 Å². The Bertz CT molecular complexity index is 836. The lowest BCUT2D eigenvalue weighted by Gasteiger charge is -2.36. The van der Waals surface area contributed by atoms with Gasteiger partial charge in [-0.1, -0.05) is 18.5 Å². The maximum atomic E-state index is 12.9.